The number of ketones is 2. The number of fused-ring (bicyclic) bond motifs is 4. The summed E-state index contributed by atoms with van der Waals surface area (Å²) in [6.07, 6.45) is 3.28. The summed E-state index contributed by atoms with van der Waals surface area (Å²) in [4.78, 5) is 25.3. The number of hydrogen-bond donors (Lipinski definition) is 0. The summed E-state index contributed by atoms with van der Waals surface area (Å²) < 4.78 is 25.4. The minimum Gasteiger partial charge on any atom is -0.299 e. The van der Waals surface area contributed by atoms with Crippen molar-refractivity contribution in [1.29, 1.82) is 0 Å². The first-order chi connectivity index (χ1) is 11.4. The van der Waals surface area contributed by atoms with Gasteiger partial charge in [-0.15, -0.1) is 0 Å². The molecule has 6 atom stereocenters. The van der Waals surface area contributed by atoms with Crippen molar-refractivity contribution in [3.8, 4) is 0 Å². The molecular weight excluding hydrogens is 336 g/mol. The van der Waals surface area contributed by atoms with Crippen molar-refractivity contribution in [2.75, 3.05) is 11.5 Å². The highest BCUT2D eigenvalue weighted by atomic mass is 32.2. The molecule has 0 aromatic rings. The lowest BCUT2D eigenvalue weighted by molar-refractivity contribution is -0.155. The molecule has 6 aliphatic carbocycles. The predicted octanol–water partition coefficient (Wildman–Crippen LogP) is 2.90. The van der Waals surface area contributed by atoms with Crippen molar-refractivity contribution in [2.45, 2.75) is 53.4 Å². The third kappa shape index (κ3) is 2.48. The molecule has 25 heavy (non-hydrogen) atoms. The Balaban J connectivity index is 1.41. The maximum atomic E-state index is 12.7. The van der Waals surface area contributed by atoms with E-state index in [0.717, 1.165) is 12.8 Å². The fraction of sp³-hybridized carbons (Fsp3) is 0.900. The quantitative estimate of drug-likeness (QED) is 0.767. The van der Waals surface area contributed by atoms with Crippen LogP contribution in [0.3, 0.4) is 0 Å². The first kappa shape index (κ1) is 17.7. The Morgan fingerprint density at radius 1 is 0.760 bits per heavy atom. The van der Waals surface area contributed by atoms with Crippen LogP contribution >= 0.6 is 0 Å². The van der Waals surface area contributed by atoms with E-state index in [0.29, 0.717) is 24.7 Å². The first-order valence-electron chi connectivity index (χ1n) is 9.71. The molecule has 0 unspecified atom stereocenters. The smallest absolute Gasteiger partial charge is 0.151 e. The predicted molar refractivity (Wildman–Crippen MR) is 95.6 cm³/mol. The topological polar surface area (TPSA) is 68.3 Å². The lowest BCUT2D eigenvalue weighted by Gasteiger charge is -2.58. The molecule has 0 aromatic heterocycles. The van der Waals surface area contributed by atoms with E-state index in [9.17, 15) is 18.0 Å². The van der Waals surface area contributed by atoms with Gasteiger partial charge in [-0.2, -0.15) is 0 Å². The van der Waals surface area contributed by atoms with Gasteiger partial charge in [0.05, 0.1) is 11.5 Å². The molecule has 6 fully saturated rings. The van der Waals surface area contributed by atoms with Crippen LogP contribution in [0.25, 0.3) is 0 Å². The molecule has 0 aliphatic heterocycles. The Morgan fingerprint density at radius 3 is 1.40 bits per heavy atom. The van der Waals surface area contributed by atoms with Gasteiger partial charge in [0, 0.05) is 23.7 Å². The van der Waals surface area contributed by atoms with E-state index in [-0.39, 0.29) is 57.6 Å². The Kier molecular flexibility index (Phi) is 3.66. The van der Waals surface area contributed by atoms with Crippen LogP contribution in [0.1, 0.15) is 53.4 Å². The molecule has 140 valence electrons. The molecule has 4 bridgehead atoms. The molecule has 0 spiro atoms. The van der Waals surface area contributed by atoms with Crippen LogP contribution in [-0.4, -0.2) is 31.5 Å². The van der Waals surface area contributed by atoms with Crippen LogP contribution in [0.15, 0.2) is 0 Å². The summed E-state index contributed by atoms with van der Waals surface area (Å²) in [6.45, 7) is 8.51. The average Bonchev–Trinajstić information content (AvgIpc) is 2.49. The van der Waals surface area contributed by atoms with Crippen LogP contribution in [0.2, 0.25) is 0 Å². The second-order valence-corrected chi connectivity index (χ2v) is 12.5. The number of rotatable bonds is 4. The standard InChI is InChI=1S/C20H30O4S/c1-19(2)13-5-11(17(21)15(19)7-13)9-25(23,24)10-12-6-14-8-16(18(12)22)20(14,3)4/h11-16H,5-10H2,1-4H3/t11-,12-,13-,14-,15-,16-/m0/s1. The summed E-state index contributed by atoms with van der Waals surface area (Å²) in [5.74, 6) is 0.546. The summed E-state index contributed by atoms with van der Waals surface area (Å²) in [5.41, 5.74) is 0.0904. The van der Waals surface area contributed by atoms with Gasteiger partial charge >= 0.3 is 0 Å². The van der Waals surface area contributed by atoms with Crippen molar-refractivity contribution in [1.82, 2.24) is 0 Å². The molecule has 4 nitrogen and oxygen atoms in total. The van der Waals surface area contributed by atoms with Gasteiger partial charge in [-0.05, 0) is 48.3 Å². The van der Waals surface area contributed by atoms with Crippen molar-refractivity contribution in [3.63, 3.8) is 0 Å². The average molecular weight is 367 g/mol. The fourth-order valence-corrected chi connectivity index (χ4v) is 8.23. The van der Waals surface area contributed by atoms with Gasteiger partial charge < -0.3 is 0 Å². The molecule has 5 heteroatoms. The maximum Gasteiger partial charge on any atom is 0.151 e. The summed E-state index contributed by atoms with van der Waals surface area (Å²) in [5, 5.41) is 0. The van der Waals surface area contributed by atoms with Crippen LogP contribution < -0.4 is 0 Å². The molecule has 0 radical (unpaired) electrons. The zero-order chi connectivity index (χ0) is 18.4. The summed E-state index contributed by atoms with van der Waals surface area (Å²) in [6, 6.07) is 0. The molecule has 6 aliphatic rings. The van der Waals surface area contributed by atoms with Crippen LogP contribution in [0.5, 0.6) is 0 Å². The van der Waals surface area contributed by atoms with Crippen LogP contribution in [0.4, 0.5) is 0 Å². The number of Topliss-reactive ketones (excluding diaryl/α,β-unsaturated/α-hetero) is 2. The molecule has 0 aromatic carbocycles. The lowest BCUT2D eigenvalue weighted by atomic mass is 9.46. The van der Waals surface area contributed by atoms with E-state index >= 15 is 0 Å². The van der Waals surface area contributed by atoms with Gasteiger partial charge in [0.2, 0.25) is 0 Å². The van der Waals surface area contributed by atoms with Crippen molar-refractivity contribution in [3.05, 3.63) is 0 Å². The number of carbonyl (C=O) groups excluding carboxylic acids is 2. The van der Waals surface area contributed by atoms with E-state index in [4.69, 9.17) is 0 Å². The Labute approximate surface area is 151 Å². The van der Waals surface area contributed by atoms with Gasteiger partial charge in [0.25, 0.3) is 0 Å². The fourth-order valence-electron chi connectivity index (χ4n) is 6.27. The highest BCUT2D eigenvalue weighted by molar-refractivity contribution is 7.91. The van der Waals surface area contributed by atoms with E-state index < -0.39 is 9.84 Å². The molecule has 6 saturated carbocycles. The zero-order valence-corrected chi connectivity index (χ0v) is 16.6. The van der Waals surface area contributed by atoms with E-state index in [1.165, 1.54) is 0 Å². The van der Waals surface area contributed by atoms with E-state index in [1.54, 1.807) is 0 Å². The number of carbonyl (C=O) groups is 2. The highest BCUT2D eigenvalue weighted by Crippen LogP contribution is 2.60. The Hall–Kier alpha value is -0.710. The normalized spacial score (nSPS) is 44.0. The molecule has 0 heterocycles. The monoisotopic (exact) mass is 366 g/mol. The van der Waals surface area contributed by atoms with Crippen LogP contribution in [0, 0.1) is 46.3 Å². The third-order valence-corrected chi connectivity index (χ3v) is 10.3. The van der Waals surface area contributed by atoms with Gasteiger partial charge in [-0.3, -0.25) is 9.59 Å². The van der Waals surface area contributed by atoms with Crippen molar-refractivity contribution < 1.29 is 18.0 Å². The second kappa shape index (κ2) is 5.17. The Bertz CT molecular complexity index is 677. The first-order valence-corrected chi connectivity index (χ1v) is 11.5. The van der Waals surface area contributed by atoms with Gasteiger partial charge in [0.1, 0.15) is 11.6 Å². The number of hydrogen-bond acceptors (Lipinski definition) is 4. The minimum absolute atomic E-state index is 0.0382. The van der Waals surface area contributed by atoms with E-state index in [1.807, 2.05) is 0 Å². The summed E-state index contributed by atoms with van der Waals surface area (Å²) >= 11 is 0. The Morgan fingerprint density at radius 2 is 1.12 bits per heavy atom. The van der Waals surface area contributed by atoms with Gasteiger partial charge in [-0.1, -0.05) is 27.7 Å². The SMILES string of the molecule is CC1(C)[C@H]2C[C@@H](CS(=O)(=O)C[C@@H]3C[C@H]4C[C@@H](C3=O)C4(C)C)C(=O)[C@@H]1C2. The molecule has 0 saturated heterocycles. The summed E-state index contributed by atoms with van der Waals surface area (Å²) in [7, 11) is -3.37. The largest absolute Gasteiger partial charge is 0.299 e. The molecular formula is C20H30O4S. The molecule has 0 amide bonds. The van der Waals surface area contributed by atoms with Gasteiger partial charge in [-0.25, -0.2) is 8.42 Å². The second-order valence-electron chi connectivity index (χ2n) is 10.4. The van der Waals surface area contributed by atoms with Crippen LogP contribution in [-0.2, 0) is 19.4 Å². The van der Waals surface area contributed by atoms with Gasteiger partial charge in [0.15, 0.2) is 9.84 Å². The molecule has 0 N–H and O–H groups in total. The van der Waals surface area contributed by atoms with Crippen molar-refractivity contribution >= 4 is 21.4 Å². The van der Waals surface area contributed by atoms with Crippen molar-refractivity contribution in [2.24, 2.45) is 46.3 Å². The zero-order valence-electron chi connectivity index (χ0n) is 15.7. The van der Waals surface area contributed by atoms with E-state index in [2.05, 4.69) is 27.7 Å². The maximum absolute atomic E-state index is 12.7. The molecule has 6 rings (SSSR count). The lowest BCUT2D eigenvalue weighted by Crippen LogP contribution is -2.58. The highest BCUT2D eigenvalue weighted by Gasteiger charge is 2.59. The number of sulfone groups is 1. The minimum atomic E-state index is -3.37. The third-order valence-electron chi connectivity index (χ3n) is 8.48.